The number of rotatable bonds is 6. The summed E-state index contributed by atoms with van der Waals surface area (Å²) in [5.74, 6) is -0.168. The van der Waals surface area contributed by atoms with Gasteiger partial charge in [-0.3, -0.25) is 4.79 Å². The predicted molar refractivity (Wildman–Crippen MR) is 91.5 cm³/mol. The summed E-state index contributed by atoms with van der Waals surface area (Å²) in [6.45, 7) is 1.22. The van der Waals surface area contributed by atoms with Crippen LogP contribution in [0.5, 0.6) is 0 Å². The summed E-state index contributed by atoms with van der Waals surface area (Å²) in [5, 5.41) is 6.13. The first-order valence-corrected chi connectivity index (χ1v) is 8.94. The molecule has 2 N–H and O–H groups in total. The number of hydrogen-bond donors (Lipinski definition) is 2. The number of cyclic esters (lactones) is 1. The van der Waals surface area contributed by atoms with E-state index >= 15 is 0 Å². The zero-order chi connectivity index (χ0) is 15.4. The molecule has 2 aromatic rings. The van der Waals surface area contributed by atoms with Gasteiger partial charge in [-0.1, -0.05) is 11.6 Å². The Kier molecular flexibility index (Phi) is 5.25. The van der Waals surface area contributed by atoms with Crippen LogP contribution in [0.3, 0.4) is 0 Å². The van der Waals surface area contributed by atoms with Gasteiger partial charge in [0, 0.05) is 21.9 Å². The predicted octanol–water partition coefficient (Wildman–Crippen LogP) is 3.93. The van der Waals surface area contributed by atoms with Gasteiger partial charge in [-0.25, -0.2) is 4.72 Å². The number of nitrogens with one attached hydrogen (secondary N) is 2. The minimum absolute atomic E-state index is 0.168. The van der Waals surface area contributed by atoms with E-state index in [-0.39, 0.29) is 12.0 Å². The van der Waals surface area contributed by atoms with Gasteiger partial charge in [0.05, 0.1) is 18.2 Å². The molecule has 0 spiro atoms. The average Bonchev–Trinajstić information content (AvgIpc) is 3.12. The molecule has 0 bridgehead atoms. The number of ether oxygens (including phenoxy) is 1. The molecule has 1 aromatic carbocycles. The lowest BCUT2D eigenvalue weighted by molar-refractivity contribution is -0.139. The molecule has 1 saturated heterocycles. The van der Waals surface area contributed by atoms with E-state index in [9.17, 15) is 4.79 Å². The number of carbonyl (C=O) groups excluding carboxylic acids is 1. The molecule has 2 heterocycles. The van der Waals surface area contributed by atoms with Crippen molar-refractivity contribution < 1.29 is 9.53 Å². The molecule has 1 aliphatic rings. The third kappa shape index (κ3) is 3.95. The molecule has 3 rings (SSSR count). The van der Waals surface area contributed by atoms with Gasteiger partial charge >= 0.3 is 5.97 Å². The van der Waals surface area contributed by atoms with Crippen molar-refractivity contribution in [3.8, 4) is 0 Å². The maximum absolute atomic E-state index is 11.4. The highest BCUT2D eigenvalue weighted by Crippen LogP contribution is 2.24. The van der Waals surface area contributed by atoms with Gasteiger partial charge in [-0.2, -0.15) is 0 Å². The van der Waals surface area contributed by atoms with Gasteiger partial charge in [0.1, 0.15) is 6.04 Å². The van der Waals surface area contributed by atoms with E-state index in [0.717, 1.165) is 33.4 Å². The molecular formula is C15H15ClN2O2S2. The van der Waals surface area contributed by atoms with Gasteiger partial charge in [-0.05, 0) is 47.7 Å². The van der Waals surface area contributed by atoms with Crippen molar-refractivity contribution >= 4 is 46.5 Å². The maximum Gasteiger partial charge on any atom is 0.324 e. The molecular weight excluding hydrogens is 340 g/mol. The van der Waals surface area contributed by atoms with Crippen molar-refractivity contribution in [1.29, 1.82) is 0 Å². The molecule has 0 radical (unpaired) electrons. The number of esters is 1. The van der Waals surface area contributed by atoms with Crippen LogP contribution in [0.25, 0.3) is 0 Å². The number of halogens is 1. The zero-order valence-corrected chi connectivity index (χ0v) is 14.1. The highest BCUT2D eigenvalue weighted by atomic mass is 35.5. The number of thiophene rings is 1. The normalized spacial score (nSPS) is 17.5. The molecule has 1 aromatic heterocycles. The van der Waals surface area contributed by atoms with E-state index in [4.69, 9.17) is 16.3 Å². The van der Waals surface area contributed by atoms with Crippen molar-refractivity contribution in [2.75, 3.05) is 11.9 Å². The van der Waals surface area contributed by atoms with Gasteiger partial charge in [-0.15, -0.1) is 11.3 Å². The van der Waals surface area contributed by atoms with Crippen LogP contribution in [0.1, 0.15) is 11.3 Å². The SMILES string of the molecule is O=C1OCCC1NSc1ccc(NCc2sccc2Cl)cc1. The lowest BCUT2D eigenvalue weighted by Crippen LogP contribution is -2.27. The van der Waals surface area contributed by atoms with E-state index in [1.807, 2.05) is 35.7 Å². The molecule has 0 amide bonds. The van der Waals surface area contributed by atoms with E-state index in [1.54, 1.807) is 11.3 Å². The Labute approximate surface area is 142 Å². The lowest BCUT2D eigenvalue weighted by atomic mass is 10.3. The topological polar surface area (TPSA) is 50.4 Å². The molecule has 22 heavy (non-hydrogen) atoms. The number of carbonyl (C=O) groups is 1. The van der Waals surface area contributed by atoms with Crippen LogP contribution in [-0.4, -0.2) is 18.6 Å². The number of benzene rings is 1. The maximum atomic E-state index is 11.4. The van der Waals surface area contributed by atoms with Crippen molar-refractivity contribution in [3.05, 3.63) is 45.6 Å². The van der Waals surface area contributed by atoms with E-state index in [2.05, 4.69) is 10.0 Å². The van der Waals surface area contributed by atoms with Crippen LogP contribution in [0.2, 0.25) is 5.02 Å². The molecule has 116 valence electrons. The largest absolute Gasteiger partial charge is 0.464 e. The second kappa shape index (κ2) is 7.37. The van der Waals surface area contributed by atoms with Gasteiger partial charge in [0.15, 0.2) is 0 Å². The summed E-state index contributed by atoms with van der Waals surface area (Å²) >= 11 is 9.16. The molecule has 7 heteroatoms. The van der Waals surface area contributed by atoms with Gasteiger partial charge < -0.3 is 10.1 Å². The third-order valence-electron chi connectivity index (χ3n) is 3.25. The summed E-state index contributed by atoms with van der Waals surface area (Å²) in [6.07, 6.45) is 0.729. The van der Waals surface area contributed by atoms with E-state index in [0.29, 0.717) is 6.61 Å². The van der Waals surface area contributed by atoms with Crippen molar-refractivity contribution in [2.45, 2.75) is 23.9 Å². The van der Waals surface area contributed by atoms with E-state index in [1.165, 1.54) is 11.9 Å². The van der Waals surface area contributed by atoms with E-state index < -0.39 is 0 Å². The molecule has 0 saturated carbocycles. The van der Waals surface area contributed by atoms with Crippen LogP contribution >= 0.6 is 34.9 Å². The van der Waals surface area contributed by atoms with Crippen LogP contribution in [-0.2, 0) is 16.1 Å². The second-order valence-corrected chi connectivity index (χ2v) is 7.12. The lowest BCUT2D eigenvalue weighted by Gasteiger charge is -2.09. The summed E-state index contributed by atoms with van der Waals surface area (Å²) in [4.78, 5) is 13.5. The van der Waals surface area contributed by atoms with Crippen molar-refractivity contribution in [2.24, 2.45) is 0 Å². The molecule has 1 atom stereocenters. The highest BCUT2D eigenvalue weighted by Gasteiger charge is 2.25. The zero-order valence-electron chi connectivity index (χ0n) is 11.7. The quantitative estimate of drug-likeness (QED) is 0.608. The Morgan fingerprint density at radius 2 is 2.14 bits per heavy atom. The Morgan fingerprint density at radius 3 is 2.77 bits per heavy atom. The first-order chi connectivity index (χ1) is 10.7. The first kappa shape index (κ1) is 15.7. The fourth-order valence-electron chi connectivity index (χ4n) is 2.02. The minimum Gasteiger partial charge on any atom is -0.464 e. The van der Waals surface area contributed by atoms with Crippen LogP contribution in [0, 0.1) is 0 Å². The molecule has 1 unspecified atom stereocenters. The average molecular weight is 355 g/mol. The van der Waals surface area contributed by atoms with Crippen molar-refractivity contribution in [3.63, 3.8) is 0 Å². The van der Waals surface area contributed by atoms with Crippen LogP contribution < -0.4 is 10.0 Å². The van der Waals surface area contributed by atoms with Crippen LogP contribution in [0.4, 0.5) is 5.69 Å². The molecule has 1 fully saturated rings. The fourth-order valence-corrected chi connectivity index (χ4v) is 3.82. The monoisotopic (exact) mass is 354 g/mol. The van der Waals surface area contributed by atoms with Crippen LogP contribution in [0.15, 0.2) is 40.6 Å². The standard InChI is InChI=1S/C15H15ClN2O2S2/c16-12-6-8-21-14(12)9-17-10-1-3-11(4-2-10)22-18-13-5-7-20-15(13)19/h1-4,6,8,13,17-18H,5,7,9H2. The third-order valence-corrected chi connectivity index (χ3v) is 5.55. The molecule has 1 aliphatic heterocycles. The second-order valence-electron chi connectivity index (χ2n) is 4.80. The Bertz CT molecular complexity index is 645. The summed E-state index contributed by atoms with van der Waals surface area (Å²) in [6, 6.07) is 9.75. The Morgan fingerprint density at radius 1 is 1.32 bits per heavy atom. The highest BCUT2D eigenvalue weighted by molar-refractivity contribution is 7.97. The fraction of sp³-hybridized carbons (Fsp3) is 0.267. The van der Waals surface area contributed by atoms with Crippen molar-refractivity contribution in [1.82, 2.24) is 4.72 Å². The summed E-state index contributed by atoms with van der Waals surface area (Å²) in [5.41, 5.74) is 1.04. The molecule has 0 aliphatic carbocycles. The number of hydrogen-bond acceptors (Lipinski definition) is 6. The minimum atomic E-state index is -0.205. The smallest absolute Gasteiger partial charge is 0.324 e. The Balaban J connectivity index is 1.49. The first-order valence-electron chi connectivity index (χ1n) is 6.87. The Hall–Kier alpha value is -1.21. The number of anilines is 1. The van der Waals surface area contributed by atoms with Gasteiger partial charge in [0.2, 0.25) is 0 Å². The summed E-state index contributed by atoms with van der Waals surface area (Å²) in [7, 11) is 0. The summed E-state index contributed by atoms with van der Waals surface area (Å²) < 4.78 is 8.05. The van der Waals surface area contributed by atoms with Gasteiger partial charge in [0.25, 0.3) is 0 Å². The molecule has 4 nitrogen and oxygen atoms in total.